The molecule has 0 bridgehead atoms. The normalized spacial score (nSPS) is 18.7. The van der Waals surface area contributed by atoms with Crippen molar-refractivity contribution in [3.05, 3.63) is 0 Å². The van der Waals surface area contributed by atoms with Gasteiger partial charge in [0.1, 0.15) is 6.54 Å². The Hall–Kier alpha value is -0.510. The molecule has 0 spiro atoms. The lowest BCUT2D eigenvalue weighted by Gasteiger charge is -2.08. The van der Waals surface area contributed by atoms with Crippen LogP contribution in [0.3, 0.4) is 0 Å². The highest BCUT2D eigenvalue weighted by Crippen LogP contribution is 2.08. The second-order valence-corrected chi connectivity index (χ2v) is 2.62. The Bertz CT molecular complexity index is 166. The van der Waals surface area contributed by atoms with E-state index in [1.54, 1.807) is 0 Å². The van der Waals surface area contributed by atoms with Crippen molar-refractivity contribution in [1.82, 2.24) is 4.90 Å². The van der Waals surface area contributed by atoms with Crippen molar-refractivity contribution >= 4 is 22.8 Å². The number of amides is 1. The molecule has 0 saturated carbocycles. The van der Waals surface area contributed by atoms with Crippen LogP contribution < -0.4 is 0 Å². The quantitative estimate of drug-likeness (QED) is 0.486. The van der Waals surface area contributed by atoms with Crippen LogP contribution >= 0.6 is 11.8 Å². The maximum absolute atomic E-state index is 10.6. The number of hydrogen-bond donors (Lipinski definition) is 0. The molecule has 0 aromatic heterocycles. The number of thioether (sulfide) groups is 1. The SMILES string of the molecule is CSC1=NC(=O)CN1C. The van der Waals surface area contributed by atoms with Crippen LogP contribution in [-0.4, -0.2) is 35.8 Å². The summed E-state index contributed by atoms with van der Waals surface area (Å²) >= 11 is 1.50. The third-order valence-electron chi connectivity index (χ3n) is 1.10. The smallest absolute Gasteiger partial charge is 0.267 e. The van der Waals surface area contributed by atoms with Crippen LogP contribution in [-0.2, 0) is 4.79 Å². The van der Waals surface area contributed by atoms with Crippen molar-refractivity contribution in [2.75, 3.05) is 19.8 Å². The molecule has 1 amide bonds. The van der Waals surface area contributed by atoms with E-state index in [-0.39, 0.29) is 5.91 Å². The largest absolute Gasteiger partial charge is 0.345 e. The molecule has 50 valence electrons. The number of likely N-dealkylation sites (N-methyl/N-ethyl adjacent to an activating group) is 1. The molecule has 0 unspecified atom stereocenters. The lowest BCUT2D eigenvalue weighted by atomic mass is 10.6. The highest BCUT2D eigenvalue weighted by Gasteiger charge is 2.17. The summed E-state index contributed by atoms with van der Waals surface area (Å²) in [5, 5.41) is 0.819. The van der Waals surface area contributed by atoms with Crippen LogP contribution in [0.15, 0.2) is 4.99 Å². The molecule has 1 heterocycles. The van der Waals surface area contributed by atoms with E-state index in [2.05, 4.69) is 4.99 Å². The predicted octanol–water partition coefficient (Wildman–Crippen LogP) is 0.177. The van der Waals surface area contributed by atoms with Crippen molar-refractivity contribution in [3.63, 3.8) is 0 Å². The lowest BCUT2D eigenvalue weighted by Crippen LogP contribution is -2.20. The van der Waals surface area contributed by atoms with Gasteiger partial charge in [0.25, 0.3) is 5.91 Å². The van der Waals surface area contributed by atoms with Crippen LogP contribution in [0.2, 0.25) is 0 Å². The van der Waals surface area contributed by atoms with Gasteiger partial charge in [-0.1, -0.05) is 11.8 Å². The average molecular weight is 144 g/mol. The van der Waals surface area contributed by atoms with E-state index in [1.807, 2.05) is 18.2 Å². The van der Waals surface area contributed by atoms with Crippen LogP contribution in [0.5, 0.6) is 0 Å². The van der Waals surface area contributed by atoms with Crippen LogP contribution in [0, 0.1) is 0 Å². The number of rotatable bonds is 0. The number of amidine groups is 1. The van der Waals surface area contributed by atoms with E-state index >= 15 is 0 Å². The fraction of sp³-hybridized carbons (Fsp3) is 0.600. The van der Waals surface area contributed by atoms with Gasteiger partial charge in [-0.3, -0.25) is 4.79 Å². The fourth-order valence-electron chi connectivity index (χ4n) is 0.699. The van der Waals surface area contributed by atoms with Gasteiger partial charge in [-0.2, -0.15) is 4.99 Å². The van der Waals surface area contributed by atoms with Crippen LogP contribution in [0.1, 0.15) is 0 Å². The van der Waals surface area contributed by atoms with E-state index in [0.717, 1.165) is 5.17 Å². The van der Waals surface area contributed by atoms with Crippen LogP contribution in [0.25, 0.3) is 0 Å². The van der Waals surface area contributed by atoms with Gasteiger partial charge in [-0.25, -0.2) is 0 Å². The molecule has 0 aliphatic carbocycles. The Morgan fingerprint density at radius 2 is 2.44 bits per heavy atom. The van der Waals surface area contributed by atoms with Gasteiger partial charge in [0.05, 0.1) is 0 Å². The van der Waals surface area contributed by atoms with Gasteiger partial charge in [0.15, 0.2) is 5.17 Å². The van der Waals surface area contributed by atoms with E-state index in [1.165, 1.54) is 11.8 Å². The molecule has 0 aromatic carbocycles. The Morgan fingerprint density at radius 3 is 2.67 bits per heavy atom. The zero-order valence-corrected chi connectivity index (χ0v) is 6.23. The summed E-state index contributed by atoms with van der Waals surface area (Å²) in [5.74, 6) is -0.0400. The summed E-state index contributed by atoms with van der Waals surface area (Å²) in [5.41, 5.74) is 0. The predicted molar refractivity (Wildman–Crippen MR) is 38.6 cm³/mol. The molecular weight excluding hydrogens is 136 g/mol. The highest BCUT2D eigenvalue weighted by molar-refractivity contribution is 8.13. The first-order valence-corrected chi connectivity index (χ1v) is 3.83. The maximum atomic E-state index is 10.6. The van der Waals surface area contributed by atoms with Gasteiger partial charge in [-0.05, 0) is 6.26 Å². The Labute approximate surface area is 58.1 Å². The number of carbonyl (C=O) groups is 1. The molecular formula is C5H8N2OS. The lowest BCUT2D eigenvalue weighted by molar-refractivity contribution is -0.116. The third kappa shape index (κ3) is 1.24. The zero-order valence-electron chi connectivity index (χ0n) is 5.42. The number of hydrogen-bond acceptors (Lipinski definition) is 3. The van der Waals surface area contributed by atoms with Crippen molar-refractivity contribution in [2.24, 2.45) is 4.99 Å². The second kappa shape index (κ2) is 2.39. The fourth-order valence-corrected chi connectivity index (χ4v) is 1.27. The number of aliphatic imine (C=N–C) groups is 1. The Morgan fingerprint density at radius 1 is 1.78 bits per heavy atom. The van der Waals surface area contributed by atoms with Crippen molar-refractivity contribution in [1.29, 1.82) is 0 Å². The summed E-state index contributed by atoms with van der Waals surface area (Å²) in [6.45, 7) is 0.441. The molecule has 0 atom stereocenters. The van der Waals surface area contributed by atoms with Crippen molar-refractivity contribution in [3.8, 4) is 0 Å². The average Bonchev–Trinajstić information content (AvgIpc) is 2.10. The summed E-state index contributed by atoms with van der Waals surface area (Å²) in [6.07, 6.45) is 1.91. The van der Waals surface area contributed by atoms with Gasteiger partial charge in [-0.15, -0.1) is 0 Å². The summed E-state index contributed by atoms with van der Waals surface area (Å²) in [7, 11) is 1.86. The summed E-state index contributed by atoms with van der Waals surface area (Å²) in [6, 6.07) is 0. The standard InChI is InChI=1S/C5H8N2OS/c1-7-3-4(8)6-5(7)9-2/h3H2,1-2H3. The minimum atomic E-state index is -0.0400. The Balaban J connectivity index is 2.68. The molecule has 0 radical (unpaired) electrons. The maximum Gasteiger partial charge on any atom is 0.267 e. The summed E-state index contributed by atoms with van der Waals surface area (Å²) in [4.78, 5) is 16.2. The van der Waals surface area contributed by atoms with Gasteiger partial charge in [0.2, 0.25) is 0 Å². The van der Waals surface area contributed by atoms with Crippen molar-refractivity contribution < 1.29 is 4.79 Å². The first-order valence-electron chi connectivity index (χ1n) is 2.60. The minimum absolute atomic E-state index is 0.0400. The van der Waals surface area contributed by atoms with E-state index in [9.17, 15) is 4.79 Å². The first kappa shape index (κ1) is 6.61. The topological polar surface area (TPSA) is 32.7 Å². The summed E-state index contributed by atoms with van der Waals surface area (Å²) < 4.78 is 0. The molecule has 0 aromatic rings. The molecule has 9 heavy (non-hydrogen) atoms. The molecule has 0 saturated heterocycles. The minimum Gasteiger partial charge on any atom is -0.345 e. The molecule has 0 N–H and O–H groups in total. The molecule has 1 aliphatic rings. The molecule has 3 nitrogen and oxygen atoms in total. The second-order valence-electron chi connectivity index (χ2n) is 1.85. The van der Waals surface area contributed by atoms with Gasteiger partial charge < -0.3 is 4.90 Å². The van der Waals surface area contributed by atoms with E-state index < -0.39 is 0 Å². The van der Waals surface area contributed by atoms with E-state index in [4.69, 9.17) is 0 Å². The molecule has 4 heteroatoms. The highest BCUT2D eigenvalue weighted by atomic mass is 32.2. The monoisotopic (exact) mass is 144 g/mol. The molecule has 1 aliphatic heterocycles. The van der Waals surface area contributed by atoms with E-state index in [0.29, 0.717) is 6.54 Å². The first-order chi connectivity index (χ1) is 4.24. The number of carbonyl (C=O) groups excluding carboxylic acids is 1. The third-order valence-corrected chi connectivity index (χ3v) is 1.87. The van der Waals surface area contributed by atoms with Crippen LogP contribution in [0.4, 0.5) is 0 Å². The molecule has 0 fully saturated rings. The van der Waals surface area contributed by atoms with Crippen molar-refractivity contribution in [2.45, 2.75) is 0 Å². The Kier molecular flexibility index (Phi) is 1.75. The molecule has 1 rings (SSSR count). The number of nitrogens with zero attached hydrogens (tertiary/aromatic N) is 2. The van der Waals surface area contributed by atoms with Gasteiger partial charge in [0, 0.05) is 7.05 Å². The van der Waals surface area contributed by atoms with Gasteiger partial charge >= 0.3 is 0 Å². The zero-order chi connectivity index (χ0) is 6.85.